The molecule has 0 aromatic heterocycles. The third-order valence-corrected chi connectivity index (χ3v) is 4.61. The van der Waals surface area contributed by atoms with Gasteiger partial charge in [-0.15, -0.1) is 0 Å². The third-order valence-electron chi connectivity index (χ3n) is 3.76. The molecule has 0 radical (unpaired) electrons. The Morgan fingerprint density at radius 2 is 1.62 bits per heavy atom. The van der Waals surface area contributed by atoms with E-state index < -0.39 is 0 Å². The molecule has 1 saturated heterocycles. The Labute approximate surface area is 106 Å². The van der Waals surface area contributed by atoms with Crippen molar-refractivity contribution in [3.05, 3.63) is 0 Å². The van der Waals surface area contributed by atoms with Crippen molar-refractivity contribution in [3.8, 4) is 0 Å². The minimum Gasteiger partial charge on any atom is -0.301 e. The maximum atomic E-state index is 4.43. The summed E-state index contributed by atoms with van der Waals surface area (Å²) in [4.78, 5) is 5.27. The summed E-state index contributed by atoms with van der Waals surface area (Å²) in [5.41, 5.74) is 0.363. The van der Waals surface area contributed by atoms with Crippen LogP contribution in [0.2, 0.25) is 0 Å². The third kappa shape index (κ3) is 3.94. The van der Waals surface area contributed by atoms with Crippen LogP contribution in [0.4, 0.5) is 0 Å². The molecule has 0 aromatic carbocycles. The molecule has 0 aromatic rings. The normalized spacial score (nSPS) is 24.9. The molecule has 0 unspecified atom stereocenters. The molecule has 1 aliphatic heterocycles. The van der Waals surface area contributed by atoms with Gasteiger partial charge in [0.15, 0.2) is 0 Å². The predicted octanol–water partition coefficient (Wildman–Crippen LogP) is 1.97. The molecular weight excluding hydrogens is 216 g/mol. The molecule has 0 amide bonds. The van der Waals surface area contributed by atoms with Crippen LogP contribution in [0.5, 0.6) is 0 Å². The van der Waals surface area contributed by atoms with E-state index in [2.05, 4.69) is 36.3 Å². The van der Waals surface area contributed by atoms with Gasteiger partial charge in [0, 0.05) is 39.3 Å². The summed E-state index contributed by atoms with van der Waals surface area (Å²) in [5, 5.41) is 0. The van der Waals surface area contributed by atoms with E-state index in [1.165, 1.54) is 52.1 Å². The lowest BCUT2D eigenvalue weighted by atomic mass is 9.95. The number of hydrogen-bond acceptors (Lipinski definition) is 3. The van der Waals surface area contributed by atoms with Crippen molar-refractivity contribution in [2.45, 2.75) is 26.7 Å². The van der Waals surface area contributed by atoms with Crippen LogP contribution in [0, 0.1) is 11.3 Å². The molecule has 2 nitrogen and oxygen atoms in total. The summed E-state index contributed by atoms with van der Waals surface area (Å²) in [7, 11) is 0. The van der Waals surface area contributed by atoms with E-state index in [-0.39, 0.29) is 0 Å². The van der Waals surface area contributed by atoms with Gasteiger partial charge < -0.3 is 9.80 Å². The number of nitrogens with zero attached hydrogens (tertiary/aromatic N) is 2. The largest absolute Gasteiger partial charge is 0.301 e. The van der Waals surface area contributed by atoms with Gasteiger partial charge in [-0.25, -0.2) is 0 Å². The van der Waals surface area contributed by atoms with Crippen molar-refractivity contribution in [2.24, 2.45) is 11.3 Å². The molecule has 0 bridgehead atoms. The fourth-order valence-corrected chi connectivity index (χ4v) is 2.55. The van der Waals surface area contributed by atoms with Crippen LogP contribution in [-0.4, -0.2) is 54.8 Å². The summed E-state index contributed by atoms with van der Waals surface area (Å²) in [6.07, 6.45) is 2.96. The first kappa shape index (κ1) is 12.7. The van der Waals surface area contributed by atoms with Crippen LogP contribution >= 0.6 is 12.6 Å². The number of thiol groups is 1. The molecule has 0 N–H and O–H groups in total. The summed E-state index contributed by atoms with van der Waals surface area (Å²) < 4.78 is 0. The lowest BCUT2D eigenvalue weighted by Crippen LogP contribution is -2.49. The standard InChI is InChI=1S/C13H26N2S/c1-13(2,11-16)10-15-7-5-14(6-8-15)9-12-3-4-12/h12,16H,3-11H2,1-2H3. The second kappa shape index (κ2) is 5.28. The maximum Gasteiger partial charge on any atom is 0.0110 e. The van der Waals surface area contributed by atoms with Gasteiger partial charge in [0.25, 0.3) is 0 Å². The van der Waals surface area contributed by atoms with E-state index in [4.69, 9.17) is 0 Å². The Kier molecular flexibility index (Phi) is 4.20. The van der Waals surface area contributed by atoms with Gasteiger partial charge in [0.2, 0.25) is 0 Å². The molecule has 0 spiro atoms. The monoisotopic (exact) mass is 242 g/mol. The smallest absolute Gasteiger partial charge is 0.0110 e. The van der Waals surface area contributed by atoms with Crippen molar-refractivity contribution in [3.63, 3.8) is 0 Å². The Bertz CT molecular complexity index is 218. The van der Waals surface area contributed by atoms with Crippen LogP contribution < -0.4 is 0 Å². The Hall–Kier alpha value is 0.270. The second-order valence-corrected chi connectivity index (χ2v) is 6.66. The molecule has 2 fully saturated rings. The van der Waals surface area contributed by atoms with Gasteiger partial charge in [-0.05, 0) is 29.9 Å². The summed E-state index contributed by atoms with van der Waals surface area (Å²) >= 11 is 4.43. The topological polar surface area (TPSA) is 6.48 Å². The highest BCUT2D eigenvalue weighted by atomic mass is 32.1. The van der Waals surface area contributed by atoms with Crippen molar-refractivity contribution in [1.82, 2.24) is 9.80 Å². The van der Waals surface area contributed by atoms with E-state index in [1.54, 1.807) is 0 Å². The first-order chi connectivity index (χ1) is 7.59. The molecule has 2 rings (SSSR count). The van der Waals surface area contributed by atoms with Crippen molar-refractivity contribution in [1.29, 1.82) is 0 Å². The highest BCUT2D eigenvalue weighted by molar-refractivity contribution is 7.80. The van der Waals surface area contributed by atoms with Crippen LogP contribution in [0.1, 0.15) is 26.7 Å². The molecule has 1 saturated carbocycles. The molecular formula is C13H26N2S. The first-order valence-electron chi connectivity index (χ1n) is 6.65. The fraction of sp³-hybridized carbons (Fsp3) is 1.00. The Balaban J connectivity index is 1.67. The van der Waals surface area contributed by atoms with E-state index in [1.807, 2.05) is 0 Å². The lowest BCUT2D eigenvalue weighted by molar-refractivity contribution is 0.101. The molecule has 1 heterocycles. The molecule has 3 heteroatoms. The zero-order chi connectivity index (χ0) is 11.6. The number of piperazine rings is 1. The van der Waals surface area contributed by atoms with E-state index in [0.717, 1.165) is 11.7 Å². The van der Waals surface area contributed by atoms with Gasteiger partial charge in [-0.1, -0.05) is 13.8 Å². The number of hydrogen-bond donors (Lipinski definition) is 1. The van der Waals surface area contributed by atoms with E-state index in [9.17, 15) is 0 Å². The van der Waals surface area contributed by atoms with Crippen molar-refractivity contribution in [2.75, 3.05) is 45.0 Å². The first-order valence-corrected chi connectivity index (χ1v) is 7.28. The molecule has 0 atom stereocenters. The van der Waals surface area contributed by atoms with Crippen molar-refractivity contribution >= 4 is 12.6 Å². The molecule has 2 aliphatic rings. The van der Waals surface area contributed by atoms with Gasteiger partial charge in [-0.3, -0.25) is 0 Å². The number of rotatable bonds is 5. The van der Waals surface area contributed by atoms with E-state index in [0.29, 0.717) is 5.41 Å². The summed E-state index contributed by atoms with van der Waals surface area (Å²) in [6, 6.07) is 0. The zero-order valence-corrected chi connectivity index (χ0v) is 11.7. The highest BCUT2D eigenvalue weighted by Gasteiger charge is 2.28. The van der Waals surface area contributed by atoms with Gasteiger partial charge >= 0.3 is 0 Å². The van der Waals surface area contributed by atoms with Gasteiger partial charge in [0.1, 0.15) is 0 Å². The minimum atomic E-state index is 0.363. The van der Waals surface area contributed by atoms with Gasteiger partial charge in [-0.2, -0.15) is 12.6 Å². The average Bonchev–Trinajstić information content (AvgIpc) is 3.05. The van der Waals surface area contributed by atoms with Crippen LogP contribution in [0.15, 0.2) is 0 Å². The Morgan fingerprint density at radius 3 is 2.12 bits per heavy atom. The second-order valence-electron chi connectivity index (χ2n) is 6.34. The predicted molar refractivity (Wildman–Crippen MR) is 73.2 cm³/mol. The van der Waals surface area contributed by atoms with Gasteiger partial charge in [0.05, 0.1) is 0 Å². The molecule has 16 heavy (non-hydrogen) atoms. The summed E-state index contributed by atoms with van der Waals surface area (Å²) in [5.74, 6) is 2.02. The fourth-order valence-electron chi connectivity index (χ4n) is 2.45. The zero-order valence-electron chi connectivity index (χ0n) is 10.8. The van der Waals surface area contributed by atoms with Crippen LogP contribution in [-0.2, 0) is 0 Å². The summed E-state index contributed by atoms with van der Waals surface area (Å²) in [6.45, 7) is 12.3. The SMILES string of the molecule is CC(C)(CS)CN1CCN(CC2CC2)CC1. The average molecular weight is 242 g/mol. The molecule has 1 aliphatic carbocycles. The van der Waals surface area contributed by atoms with E-state index >= 15 is 0 Å². The highest BCUT2D eigenvalue weighted by Crippen LogP contribution is 2.30. The van der Waals surface area contributed by atoms with Crippen LogP contribution in [0.3, 0.4) is 0 Å². The maximum absolute atomic E-state index is 4.43. The minimum absolute atomic E-state index is 0.363. The quantitative estimate of drug-likeness (QED) is 0.737. The molecule has 94 valence electrons. The lowest BCUT2D eigenvalue weighted by Gasteiger charge is -2.38. The van der Waals surface area contributed by atoms with Crippen molar-refractivity contribution < 1.29 is 0 Å². The van der Waals surface area contributed by atoms with Crippen LogP contribution in [0.25, 0.3) is 0 Å². The Morgan fingerprint density at radius 1 is 1.06 bits per heavy atom.